The van der Waals surface area contributed by atoms with Crippen LogP contribution >= 0.6 is 11.6 Å². The van der Waals surface area contributed by atoms with E-state index in [4.69, 9.17) is 16.3 Å². The van der Waals surface area contributed by atoms with E-state index in [2.05, 4.69) is 5.32 Å². The molecule has 1 N–H and O–H groups in total. The molecule has 28 heavy (non-hydrogen) atoms. The monoisotopic (exact) mass is 422 g/mol. The van der Waals surface area contributed by atoms with Gasteiger partial charge in [0.25, 0.3) is 5.91 Å². The number of methoxy groups -OCH3 is 1. The molecule has 1 amide bonds. The molecule has 6 nitrogen and oxygen atoms in total. The Morgan fingerprint density at radius 1 is 1.21 bits per heavy atom. The second-order valence-corrected chi connectivity index (χ2v) is 9.09. The molecular weight excluding hydrogens is 400 g/mol. The second kappa shape index (κ2) is 8.51. The first kappa shape index (κ1) is 20.6. The Morgan fingerprint density at radius 2 is 2.00 bits per heavy atom. The fourth-order valence-corrected chi connectivity index (χ4v) is 5.42. The minimum absolute atomic E-state index is 0.00231. The van der Waals surface area contributed by atoms with E-state index in [0.717, 1.165) is 19.3 Å². The zero-order chi connectivity index (χ0) is 20.3. The summed E-state index contributed by atoms with van der Waals surface area (Å²) < 4.78 is 33.3. The van der Waals surface area contributed by atoms with Crippen LogP contribution in [0.25, 0.3) is 0 Å². The molecule has 2 aromatic rings. The molecule has 2 aromatic carbocycles. The number of hydrogen-bond acceptors (Lipinski definition) is 4. The van der Waals surface area contributed by atoms with Crippen LogP contribution < -0.4 is 10.1 Å². The van der Waals surface area contributed by atoms with Crippen LogP contribution in [-0.4, -0.2) is 38.3 Å². The van der Waals surface area contributed by atoms with E-state index in [1.807, 2.05) is 6.92 Å². The molecule has 0 saturated carbocycles. The van der Waals surface area contributed by atoms with Gasteiger partial charge in [0.05, 0.1) is 7.11 Å². The number of anilines is 1. The number of amides is 1. The number of nitrogens with one attached hydrogen (secondary N) is 1. The minimum Gasteiger partial charge on any atom is -0.495 e. The number of sulfonamides is 1. The maximum absolute atomic E-state index is 13.3. The minimum atomic E-state index is -3.78. The van der Waals surface area contributed by atoms with Crippen LogP contribution in [0.4, 0.5) is 5.69 Å². The van der Waals surface area contributed by atoms with E-state index >= 15 is 0 Å². The van der Waals surface area contributed by atoms with E-state index < -0.39 is 15.9 Å². The number of halogens is 1. The highest BCUT2D eigenvalue weighted by Crippen LogP contribution is 2.32. The largest absolute Gasteiger partial charge is 0.495 e. The standard InChI is InChI=1S/C20H23ClN2O4S/c1-14-6-3-4-11-23(14)28(25,26)19-12-15(9-10-18(19)27-2)20(24)22-17-8-5-7-16(21)13-17/h5,7-10,12-14H,3-4,6,11H2,1-2H3,(H,22,24)/t14-/m0/s1. The van der Waals surface area contributed by atoms with E-state index in [9.17, 15) is 13.2 Å². The molecule has 8 heteroatoms. The quantitative estimate of drug-likeness (QED) is 0.784. The molecular formula is C20H23ClN2O4S. The number of carbonyl (C=O) groups excluding carboxylic acids is 1. The Hall–Kier alpha value is -2.09. The zero-order valence-corrected chi connectivity index (χ0v) is 17.4. The van der Waals surface area contributed by atoms with Crippen molar-refractivity contribution in [2.75, 3.05) is 19.0 Å². The number of ether oxygens (including phenoxy) is 1. The summed E-state index contributed by atoms with van der Waals surface area (Å²) in [4.78, 5) is 12.6. The molecule has 0 spiro atoms. The lowest BCUT2D eigenvalue weighted by Gasteiger charge is -2.32. The van der Waals surface area contributed by atoms with Gasteiger partial charge < -0.3 is 10.1 Å². The number of piperidine rings is 1. The number of hydrogen-bond donors (Lipinski definition) is 1. The third-order valence-electron chi connectivity index (χ3n) is 4.84. The van der Waals surface area contributed by atoms with Gasteiger partial charge in [-0.1, -0.05) is 24.1 Å². The maximum atomic E-state index is 13.3. The highest BCUT2D eigenvalue weighted by Gasteiger charge is 2.33. The second-order valence-electron chi connectivity index (χ2n) is 6.79. The fourth-order valence-electron chi connectivity index (χ4n) is 3.34. The van der Waals surface area contributed by atoms with Gasteiger partial charge in [0, 0.05) is 28.9 Å². The summed E-state index contributed by atoms with van der Waals surface area (Å²) in [6.07, 6.45) is 2.64. The molecule has 0 bridgehead atoms. The zero-order valence-electron chi connectivity index (χ0n) is 15.8. The summed E-state index contributed by atoms with van der Waals surface area (Å²) in [7, 11) is -2.37. The highest BCUT2D eigenvalue weighted by atomic mass is 35.5. The van der Waals surface area contributed by atoms with Crippen LogP contribution in [0.1, 0.15) is 36.5 Å². The van der Waals surface area contributed by atoms with Gasteiger partial charge in [-0.25, -0.2) is 8.42 Å². The van der Waals surface area contributed by atoms with Crippen molar-refractivity contribution in [2.45, 2.75) is 37.1 Å². The van der Waals surface area contributed by atoms with Crippen molar-refractivity contribution in [3.8, 4) is 5.75 Å². The number of benzene rings is 2. The Balaban J connectivity index is 1.94. The average molecular weight is 423 g/mol. The molecule has 0 radical (unpaired) electrons. The lowest BCUT2D eigenvalue weighted by atomic mass is 10.1. The van der Waals surface area contributed by atoms with Crippen LogP contribution in [0.15, 0.2) is 47.4 Å². The molecule has 3 rings (SSSR count). The SMILES string of the molecule is COc1ccc(C(=O)Nc2cccc(Cl)c2)cc1S(=O)(=O)N1CCCC[C@@H]1C. The summed E-state index contributed by atoms with van der Waals surface area (Å²) in [5.74, 6) is -0.204. The van der Waals surface area contributed by atoms with Gasteiger partial charge in [-0.3, -0.25) is 4.79 Å². The van der Waals surface area contributed by atoms with Crippen LogP contribution in [-0.2, 0) is 10.0 Å². The maximum Gasteiger partial charge on any atom is 0.255 e. The van der Waals surface area contributed by atoms with E-state index in [1.54, 1.807) is 24.3 Å². The van der Waals surface area contributed by atoms with Gasteiger partial charge in [0.2, 0.25) is 10.0 Å². The summed E-state index contributed by atoms with van der Waals surface area (Å²) in [5, 5.41) is 3.23. The summed E-state index contributed by atoms with van der Waals surface area (Å²) >= 11 is 5.95. The third-order valence-corrected chi connectivity index (χ3v) is 7.11. The Kier molecular flexibility index (Phi) is 6.27. The smallest absolute Gasteiger partial charge is 0.255 e. The van der Waals surface area contributed by atoms with Gasteiger partial charge in [0.15, 0.2) is 0 Å². The van der Waals surface area contributed by atoms with Crippen LogP contribution in [0.5, 0.6) is 5.75 Å². The van der Waals surface area contributed by atoms with Gasteiger partial charge >= 0.3 is 0 Å². The third kappa shape index (κ3) is 4.32. The number of carbonyl (C=O) groups is 1. The lowest BCUT2D eigenvalue weighted by Crippen LogP contribution is -2.42. The van der Waals surface area contributed by atoms with Crippen molar-refractivity contribution >= 4 is 33.2 Å². The predicted molar refractivity (Wildman–Crippen MR) is 110 cm³/mol. The van der Waals surface area contributed by atoms with Crippen LogP contribution in [0.3, 0.4) is 0 Å². The van der Waals surface area contributed by atoms with Crippen molar-refractivity contribution in [2.24, 2.45) is 0 Å². The Labute approximate surface area is 170 Å². The highest BCUT2D eigenvalue weighted by molar-refractivity contribution is 7.89. The number of nitrogens with zero attached hydrogens (tertiary/aromatic N) is 1. The number of rotatable bonds is 5. The Bertz CT molecular complexity index is 978. The van der Waals surface area contributed by atoms with E-state index in [1.165, 1.54) is 29.6 Å². The van der Waals surface area contributed by atoms with Crippen LogP contribution in [0, 0.1) is 0 Å². The van der Waals surface area contributed by atoms with Gasteiger partial charge in [-0.15, -0.1) is 0 Å². The molecule has 1 aliphatic heterocycles. The van der Waals surface area contributed by atoms with Crippen molar-refractivity contribution in [1.82, 2.24) is 4.31 Å². The Morgan fingerprint density at radius 3 is 2.68 bits per heavy atom. The van der Waals surface area contributed by atoms with Crippen molar-refractivity contribution < 1.29 is 17.9 Å². The first-order valence-corrected chi connectivity index (χ1v) is 10.9. The molecule has 0 aromatic heterocycles. The summed E-state index contributed by atoms with van der Waals surface area (Å²) in [6.45, 7) is 2.37. The van der Waals surface area contributed by atoms with E-state index in [-0.39, 0.29) is 22.3 Å². The molecule has 1 heterocycles. The van der Waals surface area contributed by atoms with Gasteiger partial charge in [-0.2, -0.15) is 4.31 Å². The molecule has 1 atom stereocenters. The van der Waals surface area contributed by atoms with Gasteiger partial charge in [0.1, 0.15) is 10.6 Å². The molecule has 0 unspecified atom stereocenters. The van der Waals surface area contributed by atoms with Crippen LogP contribution in [0.2, 0.25) is 5.02 Å². The first-order valence-electron chi connectivity index (χ1n) is 9.09. The average Bonchev–Trinajstić information content (AvgIpc) is 2.67. The normalized spacial score (nSPS) is 17.9. The van der Waals surface area contributed by atoms with Crippen molar-refractivity contribution in [3.05, 3.63) is 53.1 Å². The van der Waals surface area contributed by atoms with Gasteiger partial charge in [-0.05, 0) is 56.2 Å². The lowest BCUT2D eigenvalue weighted by molar-refractivity contribution is 0.102. The first-order chi connectivity index (χ1) is 13.3. The molecule has 0 aliphatic carbocycles. The molecule has 1 fully saturated rings. The fraction of sp³-hybridized carbons (Fsp3) is 0.350. The topological polar surface area (TPSA) is 75.7 Å². The summed E-state index contributed by atoms with van der Waals surface area (Å²) in [6, 6.07) is 11.1. The van der Waals surface area contributed by atoms with E-state index in [0.29, 0.717) is 17.3 Å². The molecule has 1 saturated heterocycles. The van der Waals surface area contributed by atoms with Crippen molar-refractivity contribution in [3.63, 3.8) is 0 Å². The van der Waals surface area contributed by atoms with Crippen molar-refractivity contribution in [1.29, 1.82) is 0 Å². The summed E-state index contributed by atoms with van der Waals surface area (Å²) in [5.41, 5.74) is 0.756. The molecule has 150 valence electrons. The molecule has 1 aliphatic rings. The predicted octanol–water partition coefficient (Wildman–Crippen LogP) is 4.16.